The maximum atomic E-state index is 13.2. The number of anilines is 1. The van der Waals surface area contributed by atoms with Crippen molar-refractivity contribution in [2.75, 3.05) is 5.32 Å². The Morgan fingerprint density at radius 1 is 1.12 bits per heavy atom. The van der Waals surface area contributed by atoms with Gasteiger partial charge >= 0.3 is 6.18 Å². The molecular formula is C23H19ClF3N5O2. The number of aryl methyl sites for hydroxylation is 3. The van der Waals surface area contributed by atoms with Gasteiger partial charge in [0.2, 0.25) is 5.91 Å². The number of hydrogen-bond donors (Lipinski definition) is 1. The van der Waals surface area contributed by atoms with Crippen molar-refractivity contribution in [2.24, 2.45) is 0 Å². The van der Waals surface area contributed by atoms with Crippen molar-refractivity contribution in [3.8, 4) is 5.69 Å². The molecular weight excluding hydrogens is 471 g/mol. The molecule has 0 fully saturated rings. The Kier molecular flexibility index (Phi) is 5.94. The van der Waals surface area contributed by atoms with Crippen LogP contribution in [0.25, 0.3) is 16.6 Å². The Bertz CT molecular complexity index is 1490. The van der Waals surface area contributed by atoms with Crippen LogP contribution in [-0.2, 0) is 17.5 Å². The van der Waals surface area contributed by atoms with Crippen LogP contribution in [0.5, 0.6) is 0 Å². The highest BCUT2D eigenvalue weighted by Gasteiger charge is 2.31. The quantitative estimate of drug-likeness (QED) is 0.445. The molecule has 1 N–H and O–H groups in total. The standard InChI is InChI=1S/C23H19ClF3N5O2/c1-12-4-7-19(13(2)8-12)32-21-16(10-28-32)14(3)30-31(22(21)34)11-20(33)29-18-9-15(23(25,26)27)5-6-17(18)24/h4-10H,11H2,1-3H3,(H,29,33). The van der Waals surface area contributed by atoms with Gasteiger partial charge < -0.3 is 5.32 Å². The Morgan fingerprint density at radius 3 is 2.53 bits per heavy atom. The summed E-state index contributed by atoms with van der Waals surface area (Å²) in [5, 5.41) is 11.3. The summed E-state index contributed by atoms with van der Waals surface area (Å²) in [5.74, 6) is -0.757. The van der Waals surface area contributed by atoms with Crippen molar-refractivity contribution >= 4 is 34.1 Å². The first-order chi connectivity index (χ1) is 16.0. The van der Waals surface area contributed by atoms with Crippen molar-refractivity contribution < 1.29 is 18.0 Å². The number of halogens is 4. The van der Waals surface area contributed by atoms with Gasteiger partial charge in [-0.2, -0.15) is 23.4 Å². The largest absolute Gasteiger partial charge is 0.416 e. The molecule has 2 aromatic carbocycles. The normalized spacial score (nSPS) is 11.7. The van der Waals surface area contributed by atoms with E-state index in [2.05, 4.69) is 15.5 Å². The molecule has 4 rings (SSSR count). The fraction of sp³-hybridized carbons (Fsp3) is 0.217. The minimum absolute atomic E-state index is 0.0683. The Balaban J connectivity index is 1.70. The first-order valence-corrected chi connectivity index (χ1v) is 10.5. The number of nitrogens with one attached hydrogen (secondary N) is 1. The van der Waals surface area contributed by atoms with E-state index in [1.165, 1.54) is 10.9 Å². The van der Waals surface area contributed by atoms with Crippen LogP contribution in [0.15, 0.2) is 47.4 Å². The van der Waals surface area contributed by atoms with Gasteiger partial charge in [-0.3, -0.25) is 9.59 Å². The van der Waals surface area contributed by atoms with Crippen LogP contribution < -0.4 is 10.9 Å². The molecule has 2 heterocycles. The van der Waals surface area contributed by atoms with Crippen LogP contribution in [-0.4, -0.2) is 25.5 Å². The number of nitrogens with zero attached hydrogens (tertiary/aromatic N) is 4. The highest BCUT2D eigenvalue weighted by atomic mass is 35.5. The SMILES string of the molecule is Cc1ccc(-n2ncc3c(C)nn(CC(=O)Nc4cc(C(F)(F)F)ccc4Cl)c(=O)c32)c(C)c1. The maximum Gasteiger partial charge on any atom is 0.416 e. The van der Waals surface area contributed by atoms with Gasteiger partial charge in [0, 0.05) is 5.39 Å². The zero-order valence-electron chi connectivity index (χ0n) is 18.4. The second-order valence-electron chi connectivity index (χ2n) is 7.90. The minimum atomic E-state index is -4.60. The molecule has 0 saturated carbocycles. The molecule has 2 aromatic heterocycles. The topological polar surface area (TPSA) is 81.8 Å². The second kappa shape index (κ2) is 8.60. The molecule has 0 aliphatic heterocycles. The molecule has 7 nitrogen and oxygen atoms in total. The third kappa shape index (κ3) is 4.41. The van der Waals surface area contributed by atoms with Crippen molar-refractivity contribution in [3.05, 3.63) is 80.4 Å². The predicted octanol–water partition coefficient (Wildman–Crippen LogP) is 4.82. The van der Waals surface area contributed by atoms with Gasteiger partial charge in [0.05, 0.1) is 33.9 Å². The van der Waals surface area contributed by atoms with Gasteiger partial charge in [-0.1, -0.05) is 29.3 Å². The molecule has 0 bridgehead atoms. The highest BCUT2D eigenvalue weighted by Crippen LogP contribution is 2.33. The van der Waals surface area contributed by atoms with Crippen LogP contribution >= 0.6 is 11.6 Å². The Morgan fingerprint density at radius 2 is 1.85 bits per heavy atom. The summed E-state index contributed by atoms with van der Waals surface area (Å²) in [4.78, 5) is 25.8. The lowest BCUT2D eigenvalue weighted by molar-refractivity contribution is -0.137. The number of fused-ring (bicyclic) bond motifs is 1. The third-order valence-corrected chi connectivity index (χ3v) is 5.64. The van der Waals surface area contributed by atoms with Crippen molar-refractivity contribution in [3.63, 3.8) is 0 Å². The summed E-state index contributed by atoms with van der Waals surface area (Å²) in [6.07, 6.45) is -3.07. The van der Waals surface area contributed by atoms with E-state index in [0.717, 1.165) is 34.0 Å². The van der Waals surface area contributed by atoms with E-state index in [4.69, 9.17) is 11.6 Å². The third-order valence-electron chi connectivity index (χ3n) is 5.31. The number of amides is 1. The molecule has 0 aliphatic rings. The number of alkyl halides is 3. The average Bonchev–Trinajstić information content (AvgIpc) is 3.18. The smallest absolute Gasteiger partial charge is 0.323 e. The molecule has 0 aliphatic carbocycles. The lowest BCUT2D eigenvalue weighted by atomic mass is 10.1. The van der Waals surface area contributed by atoms with Gasteiger partial charge in [-0.25, -0.2) is 9.36 Å². The van der Waals surface area contributed by atoms with E-state index in [0.29, 0.717) is 16.8 Å². The van der Waals surface area contributed by atoms with E-state index < -0.39 is 29.8 Å². The molecule has 176 valence electrons. The van der Waals surface area contributed by atoms with Crippen LogP contribution in [0.2, 0.25) is 5.02 Å². The summed E-state index contributed by atoms with van der Waals surface area (Å²) in [6, 6.07) is 8.30. The zero-order valence-corrected chi connectivity index (χ0v) is 19.1. The second-order valence-corrected chi connectivity index (χ2v) is 8.30. The summed E-state index contributed by atoms with van der Waals surface area (Å²) < 4.78 is 41.5. The number of rotatable bonds is 4. The van der Waals surface area contributed by atoms with Crippen LogP contribution in [0.3, 0.4) is 0 Å². The molecule has 1 amide bonds. The van der Waals surface area contributed by atoms with Gasteiger partial charge in [-0.05, 0) is 50.6 Å². The van der Waals surface area contributed by atoms with E-state index >= 15 is 0 Å². The summed E-state index contributed by atoms with van der Waals surface area (Å²) in [5.41, 5.74) is 1.63. The van der Waals surface area contributed by atoms with E-state index in [1.807, 2.05) is 32.0 Å². The van der Waals surface area contributed by atoms with E-state index in [-0.39, 0.29) is 16.2 Å². The molecule has 0 unspecified atom stereocenters. The number of hydrogen-bond acceptors (Lipinski definition) is 4. The molecule has 0 saturated heterocycles. The lowest BCUT2D eigenvalue weighted by Crippen LogP contribution is -2.31. The first kappa shape index (κ1) is 23.5. The molecule has 34 heavy (non-hydrogen) atoms. The molecule has 0 spiro atoms. The van der Waals surface area contributed by atoms with Crippen molar-refractivity contribution in [1.82, 2.24) is 19.6 Å². The molecule has 11 heteroatoms. The minimum Gasteiger partial charge on any atom is -0.323 e. The fourth-order valence-electron chi connectivity index (χ4n) is 3.68. The van der Waals surface area contributed by atoms with Crippen LogP contribution in [0.1, 0.15) is 22.4 Å². The molecule has 4 aromatic rings. The summed E-state index contributed by atoms with van der Waals surface area (Å²) >= 11 is 5.95. The van der Waals surface area contributed by atoms with E-state index in [1.54, 1.807) is 6.92 Å². The van der Waals surface area contributed by atoms with Crippen molar-refractivity contribution in [2.45, 2.75) is 33.5 Å². The van der Waals surface area contributed by atoms with Gasteiger partial charge in [-0.15, -0.1) is 0 Å². The molecule has 0 radical (unpaired) electrons. The maximum absolute atomic E-state index is 13.2. The number of carbonyl (C=O) groups is 1. The number of aromatic nitrogens is 4. The number of benzene rings is 2. The first-order valence-electron chi connectivity index (χ1n) is 10.2. The van der Waals surface area contributed by atoms with Crippen LogP contribution in [0, 0.1) is 20.8 Å². The summed E-state index contributed by atoms with van der Waals surface area (Å²) in [7, 11) is 0. The average molecular weight is 490 g/mol. The Hall–Kier alpha value is -3.66. The lowest BCUT2D eigenvalue weighted by Gasteiger charge is -2.13. The number of carbonyl (C=O) groups excluding carboxylic acids is 1. The van der Waals surface area contributed by atoms with Crippen molar-refractivity contribution in [1.29, 1.82) is 0 Å². The highest BCUT2D eigenvalue weighted by molar-refractivity contribution is 6.33. The monoisotopic (exact) mass is 489 g/mol. The van der Waals surface area contributed by atoms with Gasteiger partial charge in [0.15, 0.2) is 0 Å². The Labute approximate surface area is 196 Å². The zero-order chi connectivity index (χ0) is 24.8. The van der Waals surface area contributed by atoms with Gasteiger partial charge in [0.25, 0.3) is 5.56 Å². The van der Waals surface area contributed by atoms with E-state index in [9.17, 15) is 22.8 Å². The predicted molar refractivity (Wildman–Crippen MR) is 122 cm³/mol. The van der Waals surface area contributed by atoms with Gasteiger partial charge in [0.1, 0.15) is 12.1 Å². The van der Waals surface area contributed by atoms with Crippen LogP contribution in [0.4, 0.5) is 18.9 Å². The summed E-state index contributed by atoms with van der Waals surface area (Å²) in [6.45, 7) is 5.00. The fourth-order valence-corrected chi connectivity index (χ4v) is 3.84. The molecule has 0 atom stereocenters.